The molecule has 1 fully saturated rings. The summed E-state index contributed by atoms with van der Waals surface area (Å²) in [4.78, 5) is 13.0. The molecular formula is C25H36O5Si. The van der Waals surface area contributed by atoms with Crippen LogP contribution in [0.3, 0.4) is 0 Å². The zero-order chi connectivity index (χ0) is 23.0. The number of carbonyl (C=O) groups is 1. The third-order valence-corrected chi connectivity index (χ3v) is 11.3. The van der Waals surface area contributed by atoms with Gasteiger partial charge < -0.3 is 19.4 Å². The molecule has 1 aliphatic carbocycles. The van der Waals surface area contributed by atoms with Gasteiger partial charge in [0.05, 0.1) is 12.2 Å². The van der Waals surface area contributed by atoms with E-state index in [0.29, 0.717) is 23.8 Å². The van der Waals surface area contributed by atoms with Crippen LogP contribution < -0.4 is 0 Å². The number of hydrogen-bond donors (Lipinski definition) is 2. The topological polar surface area (TPSA) is 76.0 Å². The minimum Gasteiger partial charge on any atom is -0.508 e. The van der Waals surface area contributed by atoms with E-state index in [4.69, 9.17) is 9.16 Å². The largest absolute Gasteiger partial charge is 0.508 e. The average molecular weight is 445 g/mol. The lowest BCUT2D eigenvalue weighted by atomic mass is 9.99. The molecule has 31 heavy (non-hydrogen) atoms. The molecule has 1 aromatic rings. The lowest BCUT2D eigenvalue weighted by Gasteiger charge is -2.38. The van der Waals surface area contributed by atoms with Crippen LogP contribution in [0.15, 0.2) is 36.4 Å². The first kappa shape index (κ1) is 23.6. The van der Waals surface area contributed by atoms with Gasteiger partial charge in [-0.15, -0.1) is 0 Å². The summed E-state index contributed by atoms with van der Waals surface area (Å²) in [5.74, 6) is 0.126. The van der Waals surface area contributed by atoms with Crippen LogP contribution in [-0.4, -0.2) is 36.7 Å². The molecule has 1 aliphatic heterocycles. The van der Waals surface area contributed by atoms with E-state index in [1.165, 1.54) is 12.1 Å². The average Bonchev–Trinajstić information content (AvgIpc) is 3.33. The molecule has 1 heterocycles. The van der Waals surface area contributed by atoms with E-state index in [1.54, 1.807) is 0 Å². The SMILES string of the molecule is C[C@@H]1C[C@H]2C[C@@H]2/C=C/C=C\C(O[Si](C)(C)C(C)(C)C)Cc2cc(O)cc(O)c2C(=O)O1. The summed E-state index contributed by atoms with van der Waals surface area (Å²) < 4.78 is 12.3. The smallest absolute Gasteiger partial charge is 0.342 e. The highest BCUT2D eigenvalue weighted by Gasteiger charge is 2.39. The number of hydrogen-bond acceptors (Lipinski definition) is 5. The van der Waals surface area contributed by atoms with Gasteiger partial charge in [-0.25, -0.2) is 4.79 Å². The first-order valence-electron chi connectivity index (χ1n) is 11.2. The minimum absolute atomic E-state index is 0.0230. The molecule has 0 radical (unpaired) electrons. The fourth-order valence-corrected chi connectivity index (χ4v) is 5.15. The Morgan fingerprint density at radius 3 is 2.45 bits per heavy atom. The summed E-state index contributed by atoms with van der Waals surface area (Å²) in [6.07, 6.45) is 10.0. The molecule has 2 aliphatic rings. The number of ether oxygens (including phenoxy) is 1. The molecule has 0 spiro atoms. The first-order valence-corrected chi connectivity index (χ1v) is 14.1. The number of cyclic esters (lactones) is 1. The second-order valence-electron chi connectivity index (χ2n) is 10.5. The lowest BCUT2D eigenvalue weighted by molar-refractivity contribution is 0.0306. The van der Waals surface area contributed by atoms with Crippen LogP contribution >= 0.6 is 0 Å². The first-order chi connectivity index (χ1) is 14.4. The number of esters is 1. The van der Waals surface area contributed by atoms with Gasteiger partial charge in [0.25, 0.3) is 0 Å². The van der Waals surface area contributed by atoms with Crippen molar-refractivity contribution >= 4 is 14.3 Å². The number of phenols is 2. The second kappa shape index (κ2) is 8.83. The Morgan fingerprint density at radius 1 is 1.10 bits per heavy atom. The Balaban J connectivity index is 2.00. The number of rotatable bonds is 2. The molecule has 1 saturated carbocycles. The van der Waals surface area contributed by atoms with Crippen molar-refractivity contribution in [1.29, 1.82) is 0 Å². The normalized spacial score (nSPS) is 29.2. The van der Waals surface area contributed by atoms with E-state index < -0.39 is 14.3 Å². The molecule has 0 saturated heterocycles. The summed E-state index contributed by atoms with van der Waals surface area (Å²) in [6.45, 7) is 12.8. The number of fused-ring (bicyclic) bond motifs is 2. The highest BCUT2D eigenvalue weighted by Crippen LogP contribution is 2.44. The van der Waals surface area contributed by atoms with E-state index >= 15 is 0 Å². The highest BCUT2D eigenvalue weighted by atomic mass is 28.4. The summed E-state index contributed by atoms with van der Waals surface area (Å²) in [6, 6.07) is 2.71. The minimum atomic E-state index is -2.10. The molecular weight excluding hydrogens is 408 g/mol. The van der Waals surface area contributed by atoms with Gasteiger partial charge in [-0.1, -0.05) is 45.1 Å². The Bertz CT molecular complexity index is 881. The summed E-state index contributed by atoms with van der Waals surface area (Å²) in [5, 5.41) is 20.6. The van der Waals surface area contributed by atoms with Gasteiger partial charge in [0.15, 0.2) is 8.32 Å². The summed E-state index contributed by atoms with van der Waals surface area (Å²) in [5.41, 5.74) is 0.634. The van der Waals surface area contributed by atoms with E-state index in [2.05, 4.69) is 46.0 Å². The monoisotopic (exact) mass is 444 g/mol. The summed E-state index contributed by atoms with van der Waals surface area (Å²) >= 11 is 0. The molecule has 2 N–H and O–H groups in total. The Hall–Kier alpha value is -2.05. The van der Waals surface area contributed by atoms with Crippen molar-refractivity contribution in [2.45, 2.75) is 77.3 Å². The third kappa shape index (κ3) is 5.80. The fraction of sp³-hybridized carbons (Fsp3) is 0.560. The van der Waals surface area contributed by atoms with E-state index in [1.807, 2.05) is 19.1 Å². The van der Waals surface area contributed by atoms with Gasteiger partial charge in [-0.05, 0) is 61.4 Å². The highest BCUT2D eigenvalue weighted by molar-refractivity contribution is 6.74. The van der Waals surface area contributed by atoms with Gasteiger partial charge in [0, 0.05) is 12.5 Å². The molecule has 0 amide bonds. The van der Waals surface area contributed by atoms with Gasteiger partial charge in [-0.2, -0.15) is 0 Å². The number of allylic oxidation sites excluding steroid dienone is 3. The molecule has 4 atom stereocenters. The van der Waals surface area contributed by atoms with Gasteiger partial charge in [0.2, 0.25) is 0 Å². The van der Waals surface area contributed by atoms with Crippen molar-refractivity contribution in [3.63, 3.8) is 0 Å². The molecule has 5 nitrogen and oxygen atoms in total. The van der Waals surface area contributed by atoms with Crippen molar-refractivity contribution in [2.75, 3.05) is 0 Å². The molecule has 0 bridgehead atoms. The molecule has 0 aromatic heterocycles. The maximum atomic E-state index is 13.0. The predicted molar refractivity (Wildman–Crippen MR) is 125 cm³/mol. The standard InChI is InChI=1S/C25H36O5Si/c1-16-11-18-12-17(18)9-7-8-10-21(30-31(5,6)25(2,3)4)14-19-13-20(26)15-22(27)23(19)24(28)29-16/h7-10,13,15-18,21,26-27H,11-12,14H2,1-6H3/b9-7+,10-8-/t16-,17+,18+,21?/m1/s1. The van der Waals surface area contributed by atoms with Crippen LogP contribution in [0.1, 0.15) is 56.5 Å². The van der Waals surface area contributed by atoms with E-state index in [9.17, 15) is 15.0 Å². The fourth-order valence-electron chi connectivity index (χ4n) is 3.88. The van der Waals surface area contributed by atoms with Crippen LogP contribution in [0.25, 0.3) is 0 Å². The Morgan fingerprint density at radius 2 is 1.77 bits per heavy atom. The van der Waals surface area contributed by atoms with Crippen LogP contribution in [-0.2, 0) is 15.6 Å². The molecule has 1 aromatic carbocycles. The van der Waals surface area contributed by atoms with Crippen molar-refractivity contribution < 1.29 is 24.2 Å². The van der Waals surface area contributed by atoms with Gasteiger partial charge in [-0.3, -0.25) is 0 Å². The van der Waals surface area contributed by atoms with Crippen molar-refractivity contribution in [3.8, 4) is 11.5 Å². The number of benzene rings is 1. The second-order valence-corrected chi connectivity index (χ2v) is 15.3. The Labute approximate surface area is 186 Å². The molecule has 6 heteroatoms. The van der Waals surface area contributed by atoms with Crippen LogP contribution in [0, 0.1) is 11.8 Å². The third-order valence-electron chi connectivity index (χ3n) is 6.78. The van der Waals surface area contributed by atoms with Crippen LogP contribution in [0.4, 0.5) is 0 Å². The zero-order valence-electron chi connectivity index (χ0n) is 19.5. The Kier molecular flexibility index (Phi) is 6.72. The zero-order valence-corrected chi connectivity index (χ0v) is 20.5. The maximum Gasteiger partial charge on any atom is 0.342 e. The molecule has 1 unspecified atom stereocenters. The van der Waals surface area contributed by atoms with Crippen molar-refractivity contribution in [1.82, 2.24) is 0 Å². The maximum absolute atomic E-state index is 13.0. The quantitative estimate of drug-likeness (QED) is 0.450. The molecule has 170 valence electrons. The van der Waals surface area contributed by atoms with Crippen LogP contribution in [0.2, 0.25) is 18.1 Å². The number of aromatic hydroxyl groups is 2. The van der Waals surface area contributed by atoms with E-state index in [-0.39, 0.29) is 34.3 Å². The van der Waals surface area contributed by atoms with E-state index in [0.717, 1.165) is 12.8 Å². The number of phenolic OH excluding ortho intramolecular Hbond substituents is 2. The lowest BCUT2D eigenvalue weighted by Crippen LogP contribution is -2.44. The molecule has 3 rings (SSSR count). The van der Waals surface area contributed by atoms with Gasteiger partial charge >= 0.3 is 5.97 Å². The van der Waals surface area contributed by atoms with Gasteiger partial charge in [0.1, 0.15) is 17.1 Å². The predicted octanol–water partition coefficient (Wildman–Crippen LogP) is 5.73. The van der Waals surface area contributed by atoms with Crippen LogP contribution in [0.5, 0.6) is 11.5 Å². The van der Waals surface area contributed by atoms with Crippen molar-refractivity contribution in [3.05, 3.63) is 47.6 Å². The summed E-state index contributed by atoms with van der Waals surface area (Å²) in [7, 11) is -2.10. The number of carbonyl (C=O) groups excluding carboxylic acids is 1. The van der Waals surface area contributed by atoms with Crippen molar-refractivity contribution in [2.24, 2.45) is 11.8 Å².